The number of carbonyl (C=O) groups excluding carboxylic acids is 1. The second-order valence-electron chi connectivity index (χ2n) is 7.26. The van der Waals surface area contributed by atoms with Crippen LogP contribution in [0, 0.1) is 11.6 Å². The zero-order chi connectivity index (χ0) is 21.8. The average molecular weight is 441 g/mol. The van der Waals surface area contributed by atoms with Crippen LogP contribution >= 0.6 is 11.6 Å². The molecule has 0 saturated carbocycles. The standard InChI is InChI=1S/C24H19ClF2N2O2/c25-22-7-2-1-4-18(22)14-29(24(30)17-5-3-6-20(27)12-17)15-21-13-23(28-31-21)16-8-10-19(26)11-9-16/h1-12,21H,13-15H2/t21-/m1/s1. The van der Waals surface area contributed by atoms with E-state index >= 15 is 0 Å². The lowest BCUT2D eigenvalue weighted by Crippen LogP contribution is -2.37. The number of halogens is 3. The molecule has 0 spiro atoms. The quantitative estimate of drug-likeness (QED) is 0.511. The van der Waals surface area contributed by atoms with Crippen LogP contribution in [0.3, 0.4) is 0 Å². The van der Waals surface area contributed by atoms with Gasteiger partial charge >= 0.3 is 0 Å². The molecule has 1 aliphatic rings. The van der Waals surface area contributed by atoms with Crippen molar-refractivity contribution < 1.29 is 18.4 Å². The highest BCUT2D eigenvalue weighted by atomic mass is 35.5. The van der Waals surface area contributed by atoms with Crippen molar-refractivity contribution in [3.8, 4) is 0 Å². The van der Waals surface area contributed by atoms with Gasteiger partial charge in [-0.15, -0.1) is 0 Å². The largest absolute Gasteiger partial charge is 0.390 e. The molecule has 0 fully saturated rings. The lowest BCUT2D eigenvalue weighted by atomic mass is 10.0. The van der Waals surface area contributed by atoms with Crippen molar-refractivity contribution in [3.63, 3.8) is 0 Å². The molecular formula is C24H19ClF2N2O2. The molecular weight excluding hydrogens is 422 g/mol. The Morgan fingerprint density at radius 2 is 1.81 bits per heavy atom. The highest BCUT2D eigenvalue weighted by molar-refractivity contribution is 6.31. The van der Waals surface area contributed by atoms with E-state index in [1.54, 1.807) is 29.2 Å². The fraction of sp³-hybridized carbons (Fsp3) is 0.167. The number of rotatable bonds is 6. The molecule has 1 heterocycles. The molecule has 0 bridgehead atoms. The van der Waals surface area contributed by atoms with Crippen LogP contribution in [-0.2, 0) is 11.4 Å². The molecule has 158 valence electrons. The number of amides is 1. The van der Waals surface area contributed by atoms with E-state index in [1.807, 2.05) is 18.2 Å². The Kier molecular flexibility index (Phi) is 6.28. The first kappa shape index (κ1) is 21.0. The van der Waals surface area contributed by atoms with Crippen molar-refractivity contribution in [2.24, 2.45) is 5.16 Å². The maximum Gasteiger partial charge on any atom is 0.254 e. The summed E-state index contributed by atoms with van der Waals surface area (Å²) >= 11 is 6.29. The second-order valence-corrected chi connectivity index (χ2v) is 7.67. The number of hydrogen-bond donors (Lipinski definition) is 0. The minimum absolute atomic E-state index is 0.231. The Morgan fingerprint density at radius 1 is 1.03 bits per heavy atom. The van der Waals surface area contributed by atoms with E-state index in [1.165, 1.54) is 30.3 Å². The molecule has 4 nitrogen and oxygen atoms in total. The van der Waals surface area contributed by atoms with Crippen LogP contribution in [0.1, 0.15) is 27.9 Å². The maximum absolute atomic E-state index is 13.7. The summed E-state index contributed by atoms with van der Waals surface area (Å²) in [6, 6.07) is 18.8. The van der Waals surface area contributed by atoms with Crippen molar-refractivity contribution in [1.29, 1.82) is 0 Å². The van der Waals surface area contributed by atoms with Crippen molar-refractivity contribution in [2.45, 2.75) is 19.1 Å². The van der Waals surface area contributed by atoms with Crippen LogP contribution < -0.4 is 0 Å². The third kappa shape index (κ3) is 5.09. The van der Waals surface area contributed by atoms with Crippen molar-refractivity contribution >= 4 is 23.2 Å². The van der Waals surface area contributed by atoms with Gasteiger partial charge in [0.05, 0.1) is 12.3 Å². The maximum atomic E-state index is 13.7. The van der Waals surface area contributed by atoms with Crippen LogP contribution in [0.2, 0.25) is 5.02 Å². The molecule has 4 rings (SSSR count). The summed E-state index contributed by atoms with van der Waals surface area (Å²) in [4.78, 5) is 20.3. The van der Waals surface area contributed by atoms with Gasteiger partial charge in [0.2, 0.25) is 0 Å². The Morgan fingerprint density at radius 3 is 2.55 bits per heavy atom. The molecule has 0 radical (unpaired) electrons. The zero-order valence-electron chi connectivity index (χ0n) is 16.5. The number of nitrogens with zero attached hydrogens (tertiary/aromatic N) is 2. The van der Waals surface area contributed by atoms with Gasteiger partial charge in [0.1, 0.15) is 11.6 Å². The summed E-state index contributed by atoms with van der Waals surface area (Å²) < 4.78 is 26.9. The number of oxime groups is 1. The Balaban J connectivity index is 1.53. The SMILES string of the molecule is O=C(c1cccc(F)c1)N(Cc1ccccc1Cl)C[C@H]1CC(c2ccc(F)cc2)=NO1. The molecule has 1 aliphatic heterocycles. The molecule has 31 heavy (non-hydrogen) atoms. The lowest BCUT2D eigenvalue weighted by molar-refractivity contribution is 0.0405. The fourth-order valence-corrected chi connectivity index (χ4v) is 3.64. The normalized spacial score (nSPS) is 15.3. The first-order chi connectivity index (χ1) is 15.0. The highest BCUT2D eigenvalue weighted by Gasteiger charge is 2.28. The molecule has 1 amide bonds. The van der Waals surface area contributed by atoms with E-state index in [9.17, 15) is 13.6 Å². The minimum atomic E-state index is -0.484. The van der Waals surface area contributed by atoms with Gasteiger partial charge in [0, 0.05) is 23.6 Å². The summed E-state index contributed by atoms with van der Waals surface area (Å²) in [5, 5.41) is 4.65. The Bertz CT molecular complexity index is 1120. The average Bonchev–Trinajstić information content (AvgIpc) is 3.23. The molecule has 1 atom stereocenters. The topological polar surface area (TPSA) is 41.9 Å². The van der Waals surface area contributed by atoms with E-state index in [0.717, 1.165) is 11.1 Å². The van der Waals surface area contributed by atoms with Crippen LogP contribution in [-0.4, -0.2) is 29.2 Å². The Hall–Kier alpha value is -3.25. The van der Waals surface area contributed by atoms with E-state index in [4.69, 9.17) is 16.4 Å². The predicted molar refractivity (Wildman–Crippen MR) is 115 cm³/mol. The third-order valence-electron chi connectivity index (χ3n) is 5.01. The summed E-state index contributed by atoms with van der Waals surface area (Å²) in [5.74, 6) is -1.15. The van der Waals surface area contributed by atoms with Gasteiger partial charge in [-0.05, 0) is 47.5 Å². The Labute approximate surface area is 183 Å². The summed E-state index contributed by atoms with van der Waals surface area (Å²) in [5.41, 5.74) is 2.45. The smallest absolute Gasteiger partial charge is 0.254 e. The van der Waals surface area contributed by atoms with E-state index < -0.39 is 5.82 Å². The fourth-order valence-electron chi connectivity index (χ4n) is 3.44. The van der Waals surface area contributed by atoms with Crippen LogP contribution in [0.15, 0.2) is 78.0 Å². The van der Waals surface area contributed by atoms with Crippen LogP contribution in [0.5, 0.6) is 0 Å². The lowest BCUT2D eigenvalue weighted by Gasteiger charge is -2.25. The number of carbonyl (C=O) groups is 1. The van der Waals surface area contributed by atoms with Gasteiger partial charge in [-0.3, -0.25) is 4.79 Å². The molecule has 0 saturated heterocycles. The van der Waals surface area contributed by atoms with Crippen molar-refractivity contribution in [1.82, 2.24) is 4.90 Å². The van der Waals surface area contributed by atoms with Gasteiger partial charge in [-0.2, -0.15) is 0 Å². The summed E-state index contributed by atoms with van der Waals surface area (Å²) in [7, 11) is 0. The van der Waals surface area contributed by atoms with E-state index in [2.05, 4.69) is 5.16 Å². The van der Waals surface area contributed by atoms with E-state index in [-0.39, 0.29) is 36.5 Å². The van der Waals surface area contributed by atoms with Crippen molar-refractivity contribution in [2.75, 3.05) is 6.54 Å². The second kappa shape index (κ2) is 9.27. The summed E-state index contributed by atoms with van der Waals surface area (Å²) in [6.45, 7) is 0.468. The van der Waals surface area contributed by atoms with Gasteiger partial charge in [0.15, 0.2) is 6.10 Å². The van der Waals surface area contributed by atoms with E-state index in [0.29, 0.717) is 17.2 Å². The monoisotopic (exact) mass is 440 g/mol. The molecule has 3 aromatic carbocycles. The third-order valence-corrected chi connectivity index (χ3v) is 5.38. The molecule has 0 aliphatic carbocycles. The molecule has 0 aromatic heterocycles. The molecule has 0 unspecified atom stereocenters. The van der Waals surface area contributed by atoms with Crippen LogP contribution in [0.25, 0.3) is 0 Å². The van der Waals surface area contributed by atoms with Crippen molar-refractivity contribution in [3.05, 3.63) is 106 Å². The number of benzene rings is 3. The molecule has 7 heteroatoms. The zero-order valence-corrected chi connectivity index (χ0v) is 17.2. The first-order valence-corrected chi connectivity index (χ1v) is 10.1. The van der Waals surface area contributed by atoms with Gasteiger partial charge in [0.25, 0.3) is 5.91 Å². The van der Waals surface area contributed by atoms with Gasteiger partial charge in [-0.25, -0.2) is 8.78 Å². The molecule has 3 aromatic rings. The van der Waals surface area contributed by atoms with Gasteiger partial charge < -0.3 is 9.74 Å². The minimum Gasteiger partial charge on any atom is -0.390 e. The van der Waals surface area contributed by atoms with Crippen LogP contribution in [0.4, 0.5) is 8.78 Å². The molecule has 0 N–H and O–H groups in total. The number of hydrogen-bond acceptors (Lipinski definition) is 3. The summed E-state index contributed by atoms with van der Waals surface area (Å²) in [6.07, 6.45) is 0.0706. The highest BCUT2D eigenvalue weighted by Crippen LogP contribution is 2.22. The first-order valence-electron chi connectivity index (χ1n) is 9.76. The predicted octanol–water partition coefficient (Wildman–Crippen LogP) is 5.45. The van der Waals surface area contributed by atoms with Gasteiger partial charge in [-0.1, -0.05) is 53.2 Å².